The predicted octanol–water partition coefficient (Wildman–Crippen LogP) is 2.45. The van der Waals surface area contributed by atoms with Crippen LogP contribution in [0.25, 0.3) is 0 Å². The number of carboxylic acids is 1. The van der Waals surface area contributed by atoms with Crippen molar-refractivity contribution < 1.29 is 18.8 Å². The number of para-hydroxylation sites is 1. The van der Waals surface area contributed by atoms with Crippen molar-refractivity contribution in [1.82, 2.24) is 0 Å². The minimum absolute atomic E-state index is 0.413. The number of rotatable bonds is 7. The number of methoxy groups -OCH3 is 1. The zero-order chi connectivity index (χ0) is 13.5. The van der Waals surface area contributed by atoms with Gasteiger partial charge in [0, 0.05) is 0 Å². The number of ether oxygens (including phenoxy) is 1. The predicted molar refractivity (Wildman–Crippen MR) is 70.4 cm³/mol. The lowest BCUT2D eigenvalue weighted by Gasteiger charge is -2.14. The molecule has 2 atom stereocenters. The molecule has 0 aliphatic carbocycles. The van der Waals surface area contributed by atoms with Crippen molar-refractivity contribution in [3.05, 3.63) is 24.3 Å². The molecule has 0 fully saturated rings. The first kappa shape index (κ1) is 14.7. The number of hydrogen-bond acceptors (Lipinski definition) is 3. The van der Waals surface area contributed by atoms with E-state index in [2.05, 4.69) is 0 Å². The number of benzene rings is 1. The van der Waals surface area contributed by atoms with E-state index in [1.807, 2.05) is 6.92 Å². The summed E-state index contributed by atoms with van der Waals surface area (Å²) in [4.78, 5) is 11.6. The van der Waals surface area contributed by atoms with E-state index in [-0.39, 0.29) is 0 Å². The molecule has 0 saturated carbocycles. The molecule has 100 valence electrons. The Bertz CT molecular complexity index is 431. The number of hydrogen-bond donors (Lipinski definition) is 1. The molecule has 0 saturated heterocycles. The van der Waals surface area contributed by atoms with E-state index in [0.717, 1.165) is 12.8 Å². The normalized spacial score (nSPS) is 13.9. The lowest BCUT2D eigenvalue weighted by molar-refractivity contribution is -0.136. The molecule has 0 aliphatic rings. The molecule has 0 aromatic heterocycles. The summed E-state index contributed by atoms with van der Waals surface area (Å²) >= 11 is 0. The van der Waals surface area contributed by atoms with Gasteiger partial charge in [0.2, 0.25) is 0 Å². The van der Waals surface area contributed by atoms with Gasteiger partial charge in [-0.3, -0.25) is 9.00 Å². The average molecular weight is 270 g/mol. The Morgan fingerprint density at radius 1 is 1.44 bits per heavy atom. The summed E-state index contributed by atoms with van der Waals surface area (Å²) in [6.07, 6.45) is 2.04. The Morgan fingerprint density at radius 3 is 2.67 bits per heavy atom. The molecule has 18 heavy (non-hydrogen) atoms. The Labute approximate surface area is 109 Å². The zero-order valence-corrected chi connectivity index (χ0v) is 11.4. The summed E-state index contributed by atoms with van der Waals surface area (Å²) in [5, 5.41) is 8.29. The van der Waals surface area contributed by atoms with Crippen molar-refractivity contribution in [1.29, 1.82) is 0 Å². The molecule has 2 unspecified atom stereocenters. The molecule has 0 radical (unpaired) electrons. The third-order valence-electron chi connectivity index (χ3n) is 2.64. The van der Waals surface area contributed by atoms with E-state index in [0.29, 0.717) is 17.1 Å². The van der Waals surface area contributed by atoms with E-state index in [4.69, 9.17) is 9.84 Å². The van der Waals surface area contributed by atoms with Crippen molar-refractivity contribution in [3.63, 3.8) is 0 Å². The smallest absolute Gasteiger partial charge is 0.319 e. The maximum Gasteiger partial charge on any atom is 0.319 e. The molecule has 5 heteroatoms. The molecule has 1 aromatic carbocycles. The van der Waals surface area contributed by atoms with Gasteiger partial charge in [0.05, 0.1) is 22.8 Å². The Kier molecular flexibility index (Phi) is 5.85. The third-order valence-corrected chi connectivity index (χ3v) is 4.36. The van der Waals surface area contributed by atoms with Gasteiger partial charge in [-0.2, -0.15) is 0 Å². The minimum atomic E-state index is -1.59. The monoisotopic (exact) mass is 270 g/mol. The molecule has 1 rings (SSSR count). The van der Waals surface area contributed by atoms with Gasteiger partial charge in [-0.05, 0) is 18.6 Å². The third kappa shape index (κ3) is 3.57. The van der Waals surface area contributed by atoms with Gasteiger partial charge in [0.25, 0.3) is 0 Å². The summed E-state index contributed by atoms with van der Waals surface area (Å²) in [7, 11) is -0.105. The van der Waals surface area contributed by atoms with Crippen molar-refractivity contribution in [2.24, 2.45) is 0 Å². The molecular weight excluding hydrogens is 252 g/mol. The maximum absolute atomic E-state index is 12.3. The Hall–Kier alpha value is -1.36. The van der Waals surface area contributed by atoms with Gasteiger partial charge in [-0.25, -0.2) is 0 Å². The highest BCUT2D eigenvalue weighted by atomic mass is 32.2. The molecule has 0 bridgehead atoms. The van der Waals surface area contributed by atoms with E-state index in [1.165, 1.54) is 7.11 Å². The molecule has 4 nitrogen and oxygen atoms in total. The topological polar surface area (TPSA) is 63.6 Å². The average Bonchev–Trinajstić information content (AvgIpc) is 2.38. The standard InChI is InChI=1S/C13H18O4S/c1-3-4-8-12(13(14)15)18(16)11-9-6-5-7-10(11)17-2/h5-7,9,12H,3-4,8H2,1-2H3,(H,14,15). The fourth-order valence-electron chi connectivity index (χ4n) is 1.65. The SMILES string of the molecule is CCCCC(C(=O)O)S(=O)c1ccccc1OC. The maximum atomic E-state index is 12.3. The molecule has 1 N–H and O–H groups in total. The summed E-state index contributed by atoms with van der Waals surface area (Å²) in [5.74, 6) is -0.550. The van der Waals surface area contributed by atoms with Gasteiger partial charge in [0.15, 0.2) is 0 Å². The fraction of sp³-hybridized carbons (Fsp3) is 0.462. The summed E-state index contributed by atoms with van der Waals surface area (Å²) in [6.45, 7) is 1.98. The molecule has 0 aliphatic heterocycles. The van der Waals surface area contributed by atoms with Gasteiger partial charge >= 0.3 is 5.97 Å². The van der Waals surface area contributed by atoms with Crippen LogP contribution in [0.5, 0.6) is 5.75 Å². The van der Waals surface area contributed by atoms with Crippen LogP contribution in [0, 0.1) is 0 Å². The van der Waals surface area contributed by atoms with Crippen LogP contribution in [0.3, 0.4) is 0 Å². The second kappa shape index (κ2) is 7.16. The molecule has 0 amide bonds. The number of aliphatic carboxylic acids is 1. The van der Waals surface area contributed by atoms with Gasteiger partial charge in [-0.15, -0.1) is 0 Å². The summed E-state index contributed by atoms with van der Waals surface area (Å²) in [5.41, 5.74) is 0. The van der Waals surface area contributed by atoms with Crippen molar-refractivity contribution in [2.75, 3.05) is 7.11 Å². The van der Waals surface area contributed by atoms with Gasteiger partial charge < -0.3 is 9.84 Å². The Morgan fingerprint density at radius 2 is 2.11 bits per heavy atom. The van der Waals surface area contributed by atoms with Gasteiger partial charge in [-0.1, -0.05) is 31.9 Å². The first-order valence-corrected chi connectivity index (χ1v) is 7.09. The van der Waals surface area contributed by atoms with E-state index in [1.54, 1.807) is 24.3 Å². The second-order valence-electron chi connectivity index (χ2n) is 3.92. The zero-order valence-electron chi connectivity index (χ0n) is 10.6. The summed E-state index contributed by atoms with van der Waals surface area (Å²) in [6, 6.07) is 6.83. The largest absolute Gasteiger partial charge is 0.495 e. The number of carboxylic acid groups (broad SMARTS) is 1. The van der Waals surface area contributed by atoms with Crippen LogP contribution in [-0.4, -0.2) is 27.6 Å². The van der Waals surface area contributed by atoms with Crippen LogP contribution in [0.2, 0.25) is 0 Å². The van der Waals surface area contributed by atoms with E-state index < -0.39 is 22.0 Å². The van der Waals surface area contributed by atoms with Crippen LogP contribution in [0.4, 0.5) is 0 Å². The van der Waals surface area contributed by atoms with E-state index >= 15 is 0 Å². The fourth-order valence-corrected chi connectivity index (χ4v) is 3.08. The van der Waals surface area contributed by atoms with Crippen LogP contribution in [0.1, 0.15) is 26.2 Å². The lowest BCUT2D eigenvalue weighted by atomic mass is 10.2. The number of carbonyl (C=O) groups is 1. The highest BCUT2D eigenvalue weighted by molar-refractivity contribution is 7.86. The van der Waals surface area contributed by atoms with Crippen molar-refractivity contribution in [3.8, 4) is 5.75 Å². The number of unbranched alkanes of at least 4 members (excludes halogenated alkanes) is 1. The molecule has 1 aromatic rings. The first-order valence-electron chi connectivity index (χ1n) is 5.88. The summed E-state index contributed by atoms with van der Waals surface area (Å²) < 4.78 is 17.4. The second-order valence-corrected chi connectivity index (χ2v) is 5.52. The first-order chi connectivity index (χ1) is 8.61. The quantitative estimate of drug-likeness (QED) is 0.826. The lowest BCUT2D eigenvalue weighted by Crippen LogP contribution is -2.26. The van der Waals surface area contributed by atoms with Crippen LogP contribution in [0.15, 0.2) is 29.2 Å². The Balaban J connectivity index is 2.98. The van der Waals surface area contributed by atoms with Crippen LogP contribution >= 0.6 is 0 Å². The highest BCUT2D eigenvalue weighted by Crippen LogP contribution is 2.25. The van der Waals surface area contributed by atoms with Crippen LogP contribution < -0.4 is 4.74 Å². The molecule has 0 spiro atoms. The molecule has 0 heterocycles. The van der Waals surface area contributed by atoms with Gasteiger partial charge in [0.1, 0.15) is 11.0 Å². The highest BCUT2D eigenvalue weighted by Gasteiger charge is 2.27. The van der Waals surface area contributed by atoms with Crippen molar-refractivity contribution in [2.45, 2.75) is 36.3 Å². The van der Waals surface area contributed by atoms with E-state index in [9.17, 15) is 9.00 Å². The molecular formula is C13H18O4S. The van der Waals surface area contributed by atoms with Crippen LogP contribution in [-0.2, 0) is 15.6 Å². The minimum Gasteiger partial charge on any atom is -0.495 e. The van der Waals surface area contributed by atoms with Crippen molar-refractivity contribution >= 4 is 16.8 Å².